The Morgan fingerprint density at radius 2 is 1.69 bits per heavy atom. The standard InChI is InChI=1S/C44H62F3N3O5/c1-40(2,3)55-39(52)50-25-24-49(38(51)29-50)28-33-11-15-35(16-12-33)34-13-9-32(10-14-34)27-48(31-41(4,5)44(45,46)47)23-21-43(22-26-54-42(6,7)30-43)36-17-19-37(53-8)20-18-36/h9-10,13-15,17-20,33H,11-12,16,21-31H2,1-8H3/t33?,43-/m1/s1. The quantitative estimate of drug-likeness (QED) is 0.215. The molecular formula is C44H62F3N3O5. The zero-order valence-electron chi connectivity index (χ0n) is 34.2. The zero-order chi connectivity index (χ0) is 40.2. The van der Waals surface area contributed by atoms with Crippen molar-refractivity contribution in [3.05, 3.63) is 71.3 Å². The molecule has 2 aliphatic heterocycles. The number of halogens is 3. The largest absolute Gasteiger partial charge is 0.497 e. The van der Waals surface area contributed by atoms with E-state index in [0.29, 0.717) is 51.7 Å². The molecule has 1 unspecified atom stereocenters. The summed E-state index contributed by atoms with van der Waals surface area (Å²) in [4.78, 5) is 30.7. The summed E-state index contributed by atoms with van der Waals surface area (Å²) in [5.41, 5.74) is 1.43. The van der Waals surface area contributed by atoms with Gasteiger partial charge in [0.1, 0.15) is 17.9 Å². The number of carbonyl (C=O) groups is 2. The first-order valence-corrected chi connectivity index (χ1v) is 19.8. The maximum absolute atomic E-state index is 14.3. The number of methoxy groups -OCH3 is 1. The minimum atomic E-state index is -4.34. The van der Waals surface area contributed by atoms with E-state index in [1.165, 1.54) is 29.9 Å². The molecule has 2 heterocycles. The molecule has 11 heteroatoms. The molecule has 0 radical (unpaired) electrons. The lowest BCUT2D eigenvalue weighted by molar-refractivity contribution is -0.217. The Kier molecular flexibility index (Phi) is 13.1. The van der Waals surface area contributed by atoms with Gasteiger partial charge in [0.25, 0.3) is 0 Å². The molecule has 55 heavy (non-hydrogen) atoms. The highest BCUT2D eigenvalue weighted by atomic mass is 19.4. The van der Waals surface area contributed by atoms with Crippen LogP contribution in [0.2, 0.25) is 0 Å². The number of alkyl halides is 3. The summed E-state index contributed by atoms with van der Waals surface area (Å²) < 4.78 is 59.8. The summed E-state index contributed by atoms with van der Waals surface area (Å²) in [6.07, 6.45) is 2.44. The number of benzene rings is 2. The monoisotopic (exact) mass is 769 g/mol. The molecule has 2 fully saturated rings. The van der Waals surface area contributed by atoms with Crippen molar-refractivity contribution in [3.8, 4) is 5.75 Å². The molecule has 2 atom stereocenters. The van der Waals surface area contributed by atoms with Crippen LogP contribution in [0, 0.1) is 11.3 Å². The lowest BCUT2D eigenvalue weighted by Crippen LogP contribution is -2.54. The highest BCUT2D eigenvalue weighted by Crippen LogP contribution is 2.45. The van der Waals surface area contributed by atoms with Crippen LogP contribution < -0.4 is 4.74 Å². The van der Waals surface area contributed by atoms with Crippen molar-refractivity contribution in [2.45, 2.75) is 116 Å². The van der Waals surface area contributed by atoms with E-state index < -0.39 is 23.3 Å². The highest BCUT2D eigenvalue weighted by molar-refractivity contribution is 5.83. The molecule has 2 aromatic rings. The third-order valence-corrected chi connectivity index (χ3v) is 11.5. The molecule has 2 aromatic carbocycles. The van der Waals surface area contributed by atoms with E-state index in [0.717, 1.165) is 49.0 Å². The topological polar surface area (TPSA) is 71.5 Å². The second-order valence-electron chi connectivity index (χ2n) is 18.2. The van der Waals surface area contributed by atoms with E-state index in [1.807, 2.05) is 42.7 Å². The lowest BCUT2D eigenvalue weighted by atomic mass is 9.67. The van der Waals surface area contributed by atoms with Crippen LogP contribution in [0.3, 0.4) is 0 Å². The number of nitrogens with zero attached hydrogens (tertiary/aromatic N) is 3. The fourth-order valence-electron chi connectivity index (χ4n) is 8.35. The summed E-state index contributed by atoms with van der Waals surface area (Å²) in [6, 6.07) is 16.4. The van der Waals surface area contributed by atoms with Crippen LogP contribution in [0.4, 0.5) is 18.0 Å². The van der Waals surface area contributed by atoms with Crippen LogP contribution in [-0.2, 0) is 26.2 Å². The normalized spacial score (nSPS) is 22.4. The van der Waals surface area contributed by atoms with Gasteiger partial charge in [-0.1, -0.05) is 42.5 Å². The minimum Gasteiger partial charge on any atom is -0.497 e. The molecule has 0 bridgehead atoms. The Bertz CT molecular complexity index is 1650. The zero-order valence-corrected chi connectivity index (χ0v) is 34.2. The lowest BCUT2D eigenvalue weighted by Gasteiger charge is -2.46. The molecule has 304 valence electrons. The molecule has 8 nitrogen and oxygen atoms in total. The van der Waals surface area contributed by atoms with Crippen molar-refractivity contribution >= 4 is 17.6 Å². The van der Waals surface area contributed by atoms with Crippen molar-refractivity contribution in [3.63, 3.8) is 0 Å². The first-order chi connectivity index (χ1) is 25.7. The van der Waals surface area contributed by atoms with Crippen molar-refractivity contribution in [2.75, 3.05) is 53.0 Å². The molecule has 0 aromatic heterocycles. The maximum Gasteiger partial charge on any atom is 0.410 e. The second kappa shape index (κ2) is 16.9. The highest BCUT2D eigenvalue weighted by Gasteiger charge is 2.48. The molecule has 2 saturated heterocycles. The van der Waals surface area contributed by atoms with Crippen LogP contribution in [0.1, 0.15) is 104 Å². The van der Waals surface area contributed by atoms with Crippen molar-refractivity contribution in [1.29, 1.82) is 0 Å². The van der Waals surface area contributed by atoms with E-state index in [1.54, 1.807) is 7.11 Å². The van der Waals surface area contributed by atoms with E-state index in [4.69, 9.17) is 14.2 Å². The fourth-order valence-corrected chi connectivity index (χ4v) is 8.35. The molecule has 5 rings (SSSR count). The minimum absolute atomic E-state index is 0.0386. The Balaban J connectivity index is 1.23. The summed E-state index contributed by atoms with van der Waals surface area (Å²) in [6.45, 7) is 15.3. The fraction of sp³-hybridized carbons (Fsp3) is 0.636. The van der Waals surface area contributed by atoms with E-state index >= 15 is 0 Å². The Hall–Kier alpha value is -3.57. The van der Waals surface area contributed by atoms with Gasteiger partial charge in [0.15, 0.2) is 0 Å². The summed E-state index contributed by atoms with van der Waals surface area (Å²) in [7, 11) is 1.64. The molecule has 3 aliphatic rings. The van der Waals surface area contributed by atoms with Gasteiger partial charge in [-0.05, 0) is 134 Å². The van der Waals surface area contributed by atoms with Gasteiger partial charge in [-0.2, -0.15) is 13.2 Å². The molecular weight excluding hydrogens is 707 g/mol. The smallest absolute Gasteiger partial charge is 0.410 e. The summed E-state index contributed by atoms with van der Waals surface area (Å²) >= 11 is 0. The predicted octanol–water partition coefficient (Wildman–Crippen LogP) is 9.27. The van der Waals surface area contributed by atoms with Gasteiger partial charge in [0.2, 0.25) is 5.91 Å². The summed E-state index contributed by atoms with van der Waals surface area (Å²) in [5, 5.41) is 0. The third kappa shape index (κ3) is 11.3. The van der Waals surface area contributed by atoms with Gasteiger partial charge in [-0.15, -0.1) is 0 Å². The molecule has 2 amide bonds. The van der Waals surface area contributed by atoms with E-state index in [-0.39, 0.29) is 30.0 Å². The number of hydrogen-bond acceptors (Lipinski definition) is 6. The van der Waals surface area contributed by atoms with Gasteiger partial charge < -0.3 is 19.1 Å². The van der Waals surface area contributed by atoms with Crippen LogP contribution in [-0.4, -0.2) is 97.1 Å². The second-order valence-corrected chi connectivity index (χ2v) is 18.2. The van der Waals surface area contributed by atoms with Crippen LogP contribution >= 0.6 is 0 Å². The first-order valence-electron chi connectivity index (χ1n) is 19.8. The van der Waals surface area contributed by atoms with Gasteiger partial charge in [-0.25, -0.2) is 4.79 Å². The van der Waals surface area contributed by atoms with Crippen molar-refractivity contribution < 1.29 is 37.0 Å². The predicted molar refractivity (Wildman–Crippen MR) is 210 cm³/mol. The summed E-state index contributed by atoms with van der Waals surface area (Å²) in [5.74, 6) is 1.06. The first kappa shape index (κ1) is 42.6. The van der Waals surface area contributed by atoms with E-state index in [2.05, 4.69) is 56.3 Å². The number of ether oxygens (including phenoxy) is 3. The average Bonchev–Trinajstić information content (AvgIpc) is 3.10. The number of allylic oxidation sites excluding steroid dienone is 2. The number of rotatable bonds is 12. The molecule has 0 N–H and O–H groups in total. The van der Waals surface area contributed by atoms with Crippen molar-refractivity contribution in [2.24, 2.45) is 11.3 Å². The maximum atomic E-state index is 14.3. The number of hydrogen-bond donors (Lipinski definition) is 0. The number of carbonyl (C=O) groups excluding carboxylic acids is 2. The van der Waals surface area contributed by atoms with Gasteiger partial charge in [0.05, 0.1) is 18.1 Å². The van der Waals surface area contributed by atoms with Gasteiger partial charge in [-0.3, -0.25) is 14.6 Å². The Labute approximate surface area is 326 Å². The number of amides is 2. The van der Waals surface area contributed by atoms with Gasteiger partial charge >= 0.3 is 12.3 Å². The molecule has 0 spiro atoms. The van der Waals surface area contributed by atoms with Crippen molar-refractivity contribution in [1.82, 2.24) is 14.7 Å². The number of piperazine rings is 1. The van der Waals surface area contributed by atoms with Gasteiger partial charge in [0, 0.05) is 44.7 Å². The molecule has 0 saturated carbocycles. The SMILES string of the molecule is COc1ccc([C@]2(CCN(Cc3ccc(C4=CCC(CN5CCN(C(=O)OC(C)(C)C)CC5=O)CC4)cc3)CC(C)(C)C(F)(F)F)CCOC(C)(C)C2)cc1. The van der Waals surface area contributed by atoms with Crippen LogP contribution in [0.15, 0.2) is 54.6 Å². The average molecular weight is 770 g/mol. The van der Waals surface area contributed by atoms with Crippen LogP contribution in [0.25, 0.3) is 5.57 Å². The van der Waals surface area contributed by atoms with Crippen LogP contribution in [0.5, 0.6) is 5.75 Å². The third-order valence-electron chi connectivity index (χ3n) is 11.5. The van der Waals surface area contributed by atoms with E-state index in [9.17, 15) is 22.8 Å². The Morgan fingerprint density at radius 3 is 2.25 bits per heavy atom. The Morgan fingerprint density at radius 1 is 1.00 bits per heavy atom. The molecule has 1 aliphatic carbocycles.